The van der Waals surface area contributed by atoms with Crippen molar-refractivity contribution in [1.29, 1.82) is 0 Å². The van der Waals surface area contributed by atoms with Gasteiger partial charge in [-0.2, -0.15) is 0 Å². The third kappa shape index (κ3) is 3.24. The summed E-state index contributed by atoms with van der Waals surface area (Å²) in [7, 11) is 0. The Balaban J connectivity index is 2.39. The zero-order chi connectivity index (χ0) is 13.8. The normalized spacial score (nSPS) is 10.8. The van der Waals surface area contributed by atoms with Crippen molar-refractivity contribution in [2.75, 3.05) is 5.43 Å². The van der Waals surface area contributed by atoms with Crippen LogP contribution in [0.1, 0.15) is 30.9 Å². The Labute approximate surface area is 117 Å². The standard InChI is InChI=1S/C14H18N4S/c1-9(2)12-13(18-15)16-8-17-14(12)19-11-6-4-5-10(3)7-11/h4-9H,15H2,1-3H3,(H,16,17,18). The summed E-state index contributed by atoms with van der Waals surface area (Å²) in [5, 5.41) is 0.948. The Kier molecular flexibility index (Phi) is 4.39. The maximum Gasteiger partial charge on any atom is 0.147 e. The first-order valence-electron chi connectivity index (χ1n) is 6.18. The molecular formula is C14H18N4S. The molecule has 0 amide bonds. The topological polar surface area (TPSA) is 63.8 Å². The average molecular weight is 274 g/mol. The van der Waals surface area contributed by atoms with Gasteiger partial charge in [0.2, 0.25) is 0 Å². The molecule has 0 aliphatic carbocycles. The fourth-order valence-electron chi connectivity index (χ4n) is 1.89. The van der Waals surface area contributed by atoms with Gasteiger partial charge < -0.3 is 5.43 Å². The molecule has 0 bridgehead atoms. The van der Waals surface area contributed by atoms with Crippen LogP contribution in [0.3, 0.4) is 0 Å². The summed E-state index contributed by atoms with van der Waals surface area (Å²) >= 11 is 1.64. The van der Waals surface area contributed by atoms with Gasteiger partial charge in [0.15, 0.2) is 0 Å². The molecular weight excluding hydrogens is 256 g/mol. The third-order valence-electron chi connectivity index (χ3n) is 2.77. The average Bonchev–Trinajstić information content (AvgIpc) is 2.38. The highest BCUT2D eigenvalue weighted by molar-refractivity contribution is 7.99. The van der Waals surface area contributed by atoms with Crippen LogP contribution < -0.4 is 11.3 Å². The number of nitrogens with one attached hydrogen (secondary N) is 1. The number of nitrogens with zero attached hydrogens (tertiary/aromatic N) is 2. The van der Waals surface area contributed by atoms with Crippen molar-refractivity contribution in [3.63, 3.8) is 0 Å². The fourth-order valence-corrected chi connectivity index (χ4v) is 3.04. The van der Waals surface area contributed by atoms with Gasteiger partial charge in [0.1, 0.15) is 17.2 Å². The second kappa shape index (κ2) is 6.04. The Morgan fingerprint density at radius 3 is 2.68 bits per heavy atom. The van der Waals surface area contributed by atoms with Crippen LogP contribution in [0.25, 0.3) is 0 Å². The molecule has 1 aromatic heterocycles. The molecule has 0 unspecified atom stereocenters. The lowest BCUT2D eigenvalue weighted by Gasteiger charge is -2.14. The fraction of sp³-hybridized carbons (Fsp3) is 0.286. The summed E-state index contributed by atoms with van der Waals surface area (Å²) in [5.74, 6) is 6.53. The van der Waals surface area contributed by atoms with Crippen LogP contribution in [0.4, 0.5) is 5.82 Å². The second-order valence-electron chi connectivity index (χ2n) is 4.66. The molecule has 19 heavy (non-hydrogen) atoms. The largest absolute Gasteiger partial charge is 0.308 e. The van der Waals surface area contributed by atoms with Crippen molar-refractivity contribution in [1.82, 2.24) is 9.97 Å². The van der Waals surface area contributed by atoms with E-state index in [1.165, 1.54) is 10.5 Å². The summed E-state index contributed by atoms with van der Waals surface area (Å²) in [5.41, 5.74) is 4.94. The van der Waals surface area contributed by atoms with E-state index in [2.05, 4.69) is 60.4 Å². The molecule has 3 N–H and O–H groups in total. The zero-order valence-corrected chi connectivity index (χ0v) is 12.2. The van der Waals surface area contributed by atoms with Gasteiger partial charge >= 0.3 is 0 Å². The summed E-state index contributed by atoms with van der Waals surface area (Å²) in [6.07, 6.45) is 1.54. The van der Waals surface area contributed by atoms with E-state index in [1.807, 2.05) is 0 Å². The van der Waals surface area contributed by atoms with Crippen molar-refractivity contribution >= 4 is 17.6 Å². The number of anilines is 1. The first-order valence-corrected chi connectivity index (χ1v) is 6.99. The van der Waals surface area contributed by atoms with Gasteiger partial charge in [-0.1, -0.05) is 43.3 Å². The van der Waals surface area contributed by atoms with E-state index < -0.39 is 0 Å². The van der Waals surface area contributed by atoms with Crippen molar-refractivity contribution in [2.24, 2.45) is 5.84 Å². The lowest BCUT2D eigenvalue weighted by Crippen LogP contribution is -2.13. The van der Waals surface area contributed by atoms with Gasteiger partial charge in [-0.25, -0.2) is 15.8 Å². The summed E-state index contributed by atoms with van der Waals surface area (Å²) in [4.78, 5) is 9.74. The van der Waals surface area contributed by atoms with Crippen LogP contribution in [0, 0.1) is 6.92 Å². The molecule has 0 saturated heterocycles. The predicted molar refractivity (Wildman–Crippen MR) is 79.2 cm³/mol. The number of aromatic nitrogens is 2. The number of aryl methyl sites for hydroxylation is 1. The quantitative estimate of drug-likeness (QED) is 0.508. The van der Waals surface area contributed by atoms with Crippen molar-refractivity contribution in [2.45, 2.75) is 36.6 Å². The summed E-state index contributed by atoms with van der Waals surface area (Å²) in [6, 6.07) is 8.36. The van der Waals surface area contributed by atoms with Crippen LogP contribution >= 0.6 is 11.8 Å². The van der Waals surface area contributed by atoms with Crippen LogP contribution in [0.15, 0.2) is 40.5 Å². The SMILES string of the molecule is Cc1cccc(Sc2ncnc(NN)c2C(C)C)c1. The highest BCUT2D eigenvalue weighted by Crippen LogP contribution is 2.35. The Morgan fingerprint density at radius 1 is 1.26 bits per heavy atom. The van der Waals surface area contributed by atoms with Crippen molar-refractivity contribution < 1.29 is 0 Å². The first-order chi connectivity index (χ1) is 9.11. The molecule has 0 atom stereocenters. The molecule has 0 aliphatic rings. The Bertz CT molecular complexity index is 569. The molecule has 0 radical (unpaired) electrons. The molecule has 0 saturated carbocycles. The van der Waals surface area contributed by atoms with Gasteiger partial charge in [0.25, 0.3) is 0 Å². The molecule has 2 aromatic rings. The van der Waals surface area contributed by atoms with E-state index in [0.29, 0.717) is 11.7 Å². The highest BCUT2D eigenvalue weighted by Gasteiger charge is 2.15. The van der Waals surface area contributed by atoms with Crippen LogP contribution in [0.5, 0.6) is 0 Å². The number of hydrogen-bond donors (Lipinski definition) is 2. The molecule has 0 spiro atoms. The first kappa shape index (κ1) is 13.8. The van der Waals surface area contributed by atoms with E-state index in [9.17, 15) is 0 Å². The highest BCUT2D eigenvalue weighted by atomic mass is 32.2. The Hall–Kier alpha value is -1.59. The van der Waals surface area contributed by atoms with Crippen LogP contribution in [0.2, 0.25) is 0 Å². The van der Waals surface area contributed by atoms with Gasteiger partial charge in [-0.05, 0) is 25.0 Å². The van der Waals surface area contributed by atoms with Crippen molar-refractivity contribution in [3.8, 4) is 0 Å². The number of nitrogen functional groups attached to an aromatic ring is 1. The lowest BCUT2D eigenvalue weighted by molar-refractivity contribution is 0.804. The summed E-state index contributed by atoms with van der Waals surface area (Å²) in [6.45, 7) is 6.31. The van der Waals surface area contributed by atoms with Crippen LogP contribution in [-0.2, 0) is 0 Å². The molecule has 4 nitrogen and oxygen atoms in total. The van der Waals surface area contributed by atoms with Gasteiger partial charge in [-0.3, -0.25) is 0 Å². The van der Waals surface area contributed by atoms with E-state index in [1.54, 1.807) is 18.1 Å². The molecule has 0 aliphatic heterocycles. The van der Waals surface area contributed by atoms with Crippen molar-refractivity contribution in [3.05, 3.63) is 41.7 Å². The molecule has 2 rings (SSSR count). The minimum Gasteiger partial charge on any atom is -0.308 e. The number of benzene rings is 1. The smallest absolute Gasteiger partial charge is 0.147 e. The third-order valence-corrected chi connectivity index (χ3v) is 3.77. The maximum absolute atomic E-state index is 5.53. The molecule has 0 fully saturated rings. The molecule has 1 aromatic carbocycles. The number of hydrazine groups is 1. The van der Waals surface area contributed by atoms with E-state index in [0.717, 1.165) is 10.6 Å². The second-order valence-corrected chi connectivity index (χ2v) is 5.72. The minimum atomic E-state index is 0.305. The van der Waals surface area contributed by atoms with E-state index in [4.69, 9.17) is 5.84 Å². The van der Waals surface area contributed by atoms with Gasteiger partial charge in [-0.15, -0.1) is 0 Å². The van der Waals surface area contributed by atoms with Gasteiger partial charge in [0, 0.05) is 10.5 Å². The molecule has 1 heterocycles. The number of rotatable bonds is 4. The predicted octanol–water partition coefficient (Wildman–Crippen LogP) is 3.35. The maximum atomic E-state index is 5.53. The summed E-state index contributed by atoms with van der Waals surface area (Å²) < 4.78 is 0. The lowest BCUT2D eigenvalue weighted by atomic mass is 10.1. The molecule has 5 heteroatoms. The zero-order valence-electron chi connectivity index (χ0n) is 11.3. The monoisotopic (exact) mass is 274 g/mol. The Morgan fingerprint density at radius 2 is 2.05 bits per heavy atom. The van der Waals surface area contributed by atoms with Gasteiger partial charge in [0.05, 0.1) is 0 Å². The molecule has 100 valence electrons. The van der Waals surface area contributed by atoms with E-state index >= 15 is 0 Å². The minimum absolute atomic E-state index is 0.305. The van der Waals surface area contributed by atoms with E-state index in [-0.39, 0.29) is 0 Å². The number of nitrogens with two attached hydrogens (primary N) is 1. The van der Waals surface area contributed by atoms with Crippen LogP contribution in [-0.4, -0.2) is 9.97 Å². The number of hydrogen-bond acceptors (Lipinski definition) is 5.